The van der Waals surface area contributed by atoms with Crippen molar-refractivity contribution in [1.29, 1.82) is 0 Å². The van der Waals surface area contributed by atoms with E-state index in [0.29, 0.717) is 12.1 Å². The Balaban J connectivity index is 1.91. The zero-order chi connectivity index (χ0) is 8.44. The largest absolute Gasteiger partial charge is 0.315 e. The first-order chi connectivity index (χ1) is 5.87. The molecule has 1 spiro atoms. The zero-order valence-electron chi connectivity index (χ0n) is 7.48. The Morgan fingerprint density at radius 3 is 2.83 bits per heavy atom. The van der Waals surface area contributed by atoms with Crippen LogP contribution >= 0.6 is 0 Å². The van der Waals surface area contributed by atoms with Crippen LogP contribution in [0, 0.1) is 0 Å². The Labute approximate surface area is 73.1 Å². The van der Waals surface area contributed by atoms with E-state index in [0.717, 1.165) is 19.6 Å². The molecule has 0 amide bonds. The molecule has 2 rings (SSSR count). The maximum Gasteiger partial charge on any atom is 0.102 e. The number of halogens is 1. The third-order valence-corrected chi connectivity index (χ3v) is 3.32. The summed E-state index contributed by atoms with van der Waals surface area (Å²) in [4.78, 5) is 2.30. The number of piperidine rings is 1. The summed E-state index contributed by atoms with van der Waals surface area (Å²) in [6.45, 7) is 3.77. The minimum Gasteiger partial charge on any atom is -0.315 e. The van der Waals surface area contributed by atoms with Gasteiger partial charge in [-0.05, 0) is 25.8 Å². The molecule has 12 heavy (non-hydrogen) atoms. The molecule has 1 N–H and O–H groups in total. The fourth-order valence-electron chi connectivity index (χ4n) is 2.47. The molecule has 0 aliphatic carbocycles. The second kappa shape index (κ2) is 3.30. The summed E-state index contributed by atoms with van der Waals surface area (Å²) in [6, 6.07) is 0. The molecular weight excluding hydrogens is 155 g/mol. The summed E-state index contributed by atoms with van der Waals surface area (Å²) < 4.78 is 12.1. The van der Waals surface area contributed by atoms with E-state index in [1.54, 1.807) is 0 Å². The van der Waals surface area contributed by atoms with Gasteiger partial charge in [0.25, 0.3) is 0 Å². The molecule has 1 atom stereocenters. The summed E-state index contributed by atoms with van der Waals surface area (Å²) in [7, 11) is 0. The minimum atomic E-state index is -0.193. The summed E-state index contributed by atoms with van der Waals surface area (Å²) in [6.07, 6.45) is 3.78. The number of nitrogens with one attached hydrogen (secondary N) is 1. The van der Waals surface area contributed by atoms with Gasteiger partial charge in [0.2, 0.25) is 0 Å². The van der Waals surface area contributed by atoms with Crippen LogP contribution in [0.1, 0.15) is 19.3 Å². The van der Waals surface area contributed by atoms with Crippen LogP contribution in [0.5, 0.6) is 0 Å². The van der Waals surface area contributed by atoms with Crippen molar-refractivity contribution in [3.8, 4) is 0 Å². The van der Waals surface area contributed by atoms with Crippen LogP contribution in [0.3, 0.4) is 0 Å². The second-order valence-corrected chi connectivity index (χ2v) is 3.93. The highest BCUT2D eigenvalue weighted by atomic mass is 19.1. The van der Waals surface area contributed by atoms with Gasteiger partial charge in [-0.3, -0.25) is 4.90 Å². The fourth-order valence-corrected chi connectivity index (χ4v) is 2.47. The fraction of sp³-hybridized carbons (Fsp3) is 1.00. The maximum atomic E-state index is 12.1. The molecule has 2 heterocycles. The second-order valence-electron chi connectivity index (χ2n) is 3.93. The number of nitrogens with zero attached hydrogens (tertiary/aromatic N) is 1. The van der Waals surface area contributed by atoms with Crippen LogP contribution < -0.4 is 5.32 Å². The van der Waals surface area contributed by atoms with E-state index >= 15 is 0 Å². The van der Waals surface area contributed by atoms with Crippen molar-refractivity contribution >= 4 is 0 Å². The number of likely N-dealkylation sites (tertiary alicyclic amines) is 1. The van der Waals surface area contributed by atoms with E-state index in [4.69, 9.17) is 0 Å². The van der Waals surface area contributed by atoms with Crippen LogP contribution in [0.15, 0.2) is 0 Å². The Hall–Kier alpha value is -0.150. The highest BCUT2D eigenvalue weighted by Crippen LogP contribution is 2.35. The third kappa shape index (κ3) is 1.25. The molecular formula is C9H17FN2. The molecule has 2 fully saturated rings. The standard InChI is InChI=1S/C9H17FN2/c10-4-7-12-6-3-9(12)2-1-5-11-8-9/h11H,1-8H2/t9-/m0/s1. The Kier molecular flexibility index (Phi) is 2.33. The van der Waals surface area contributed by atoms with Crippen molar-refractivity contribution in [2.45, 2.75) is 24.8 Å². The van der Waals surface area contributed by atoms with E-state index in [1.165, 1.54) is 19.3 Å². The average Bonchev–Trinajstić information content (AvgIpc) is 2.14. The summed E-state index contributed by atoms with van der Waals surface area (Å²) in [5, 5.41) is 3.40. The summed E-state index contributed by atoms with van der Waals surface area (Å²) >= 11 is 0. The lowest BCUT2D eigenvalue weighted by atomic mass is 9.78. The quantitative estimate of drug-likeness (QED) is 0.662. The normalized spacial score (nSPS) is 36.8. The Morgan fingerprint density at radius 2 is 2.33 bits per heavy atom. The number of hydrogen-bond acceptors (Lipinski definition) is 2. The lowest BCUT2D eigenvalue weighted by Gasteiger charge is -2.55. The summed E-state index contributed by atoms with van der Waals surface area (Å²) in [5.41, 5.74) is 0.352. The smallest absolute Gasteiger partial charge is 0.102 e. The van der Waals surface area contributed by atoms with Gasteiger partial charge in [-0.1, -0.05) is 0 Å². The maximum absolute atomic E-state index is 12.1. The number of rotatable bonds is 2. The Morgan fingerprint density at radius 1 is 1.42 bits per heavy atom. The van der Waals surface area contributed by atoms with E-state index in [1.807, 2.05) is 0 Å². The lowest BCUT2D eigenvalue weighted by Crippen LogP contribution is -2.66. The van der Waals surface area contributed by atoms with Gasteiger partial charge in [-0.25, -0.2) is 4.39 Å². The van der Waals surface area contributed by atoms with Crippen molar-refractivity contribution < 1.29 is 4.39 Å². The SMILES string of the molecule is FCCN1CC[C@]12CCCNC2. The molecule has 0 aromatic heterocycles. The Bertz CT molecular complexity index is 155. The molecule has 2 nitrogen and oxygen atoms in total. The molecule has 0 bridgehead atoms. The van der Waals surface area contributed by atoms with Crippen molar-refractivity contribution in [2.75, 3.05) is 32.9 Å². The first kappa shape index (κ1) is 8.45. The van der Waals surface area contributed by atoms with Crippen LogP contribution in [0.2, 0.25) is 0 Å². The van der Waals surface area contributed by atoms with Crippen LogP contribution in [-0.4, -0.2) is 43.3 Å². The molecule has 0 aromatic carbocycles. The van der Waals surface area contributed by atoms with Crippen molar-refractivity contribution in [1.82, 2.24) is 10.2 Å². The lowest BCUT2D eigenvalue weighted by molar-refractivity contribution is -0.0345. The van der Waals surface area contributed by atoms with Gasteiger partial charge < -0.3 is 5.32 Å². The van der Waals surface area contributed by atoms with Gasteiger partial charge in [0.05, 0.1) is 0 Å². The highest BCUT2D eigenvalue weighted by molar-refractivity contribution is 5.02. The van der Waals surface area contributed by atoms with Crippen LogP contribution in [0.4, 0.5) is 4.39 Å². The molecule has 70 valence electrons. The molecule has 2 aliphatic heterocycles. The first-order valence-corrected chi connectivity index (χ1v) is 4.89. The van der Waals surface area contributed by atoms with Gasteiger partial charge in [0.1, 0.15) is 6.67 Å². The van der Waals surface area contributed by atoms with Gasteiger partial charge in [-0.15, -0.1) is 0 Å². The van der Waals surface area contributed by atoms with Crippen molar-refractivity contribution in [2.24, 2.45) is 0 Å². The number of hydrogen-bond donors (Lipinski definition) is 1. The average molecular weight is 172 g/mol. The van der Waals surface area contributed by atoms with Gasteiger partial charge >= 0.3 is 0 Å². The predicted octanol–water partition coefficient (Wildman–Crippen LogP) is 0.784. The van der Waals surface area contributed by atoms with Crippen LogP contribution in [0.25, 0.3) is 0 Å². The highest BCUT2D eigenvalue weighted by Gasteiger charge is 2.44. The number of alkyl halides is 1. The van der Waals surface area contributed by atoms with E-state index in [-0.39, 0.29) is 6.67 Å². The third-order valence-electron chi connectivity index (χ3n) is 3.32. The van der Waals surface area contributed by atoms with E-state index in [9.17, 15) is 4.39 Å². The topological polar surface area (TPSA) is 15.3 Å². The molecule has 2 aliphatic rings. The minimum absolute atomic E-state index is 0.193. The molecule has 3 heteroatoms. The van der Waals surface area contributed by atoms with Crippen molar-refractivity contribution in [3.63, 3.8) is 0 Å². The van der Waals surface area contributed by atoms with Gasteiger partial charge in [0, 0.05) is 25.2 Å². The van der Waals surface area contributed by atoms with Crippen molar-refractivity contribution in [3.05, 3.63) is 0 Å². The predicted molar refractivity (Wildman–Crippen MR) is 47.0 cm³/mol. The molecule has 0 saturated carbocycles. The molecule has 0 aromatic rings. The van der Waals surface area contributed by atoms with Gasteiger partial charge in [0.15, 0.2) is 0 Å². The molecule has 0 unspecified atom stereocenters. The molecule has 0 radical (unpaired) electrons. The van der Waals surface area contributed by atoms with Gasteiger partial charge in [-0.2, -0.15) is 0 Å². The summed E-state index contributed by atoms with van der Waals surface area (Å²) in [5.74, 6) is 0. The molecule has 2 saturated heterocycles. The first-order valence-electron chi connectivity index (χ1n) is 4.89. The van der Waals surface area contributed by atoms with E-state index in [2.05, 4.69) is 10.2 Å². The monoisotopic (exact) mass is 172 g/mol. The van der Waals surface area contributed by atoms with Crippen LogP contribution in [-0.2, 0) is 0 Å². The zero-order valence-corrected chi connectivity index (χ0v) is 7.48. The van der Waals surface area contributed by atoms with E-state index < -0.39 is 0 Å².